The van der Waals surface area contributed by atoms with E-state index in [4.69, 9.17) is 9.84 Å². The molecule has 27 heavy (non-hydrogen) atoms. The molecule has 0 radical (unpaired) electrons. The highest BCUT2D eigenvalue weighted by atomic mass is 127. The van der Waals surface area contributed by atoms with Crippen LogP contribution in [0.25, 0.3) is 10.8 Å². The molecule has 1 amide bonds. The minimum absolute atomic E-state index is 0.259. The molecule has 1 aromatic heterocycles. The third kappa shape index (κ3) is 4.30. The molecule has 3 rings (SSSR count). The number of nitrogens with one attached hydrogen (secondary N) is 1. The first kappa shape index (κ1) is 19.4. The number of amides is 1. The predicted molar refractivity (Wildman–Crippen MR) is 110 cm³/mol. The number of rotatable bonds is 5. The highest BCUT2D eigenvalue weighted by molar-refractivity contribution is 14.1. The fraction of sp³-hybridized carbons (Fsp3) is 0.0556. The zero-order valence-electron chi connectivity index (χ0n) is 13.6. The molecule has 3 aromatic rings. The maximum atomic E-state index is 12.1. The van der Waals surface area contributed by atoms with Crippen LogP contribution in [0.5, 0.6) is 17.2 Å². The lowest BCUT2D eigenvalue weighted by atomic mass is 10.1. The van der Waals surface area contributed by atoms with E-state index in [0.717, 1.165) is 0 Å². The smallest absolute Gasteiger partial charge is 0.322 e. The summed E-state index contributed by atoms with van der Waals surface area (Å²) in [6.07, 6.45) is 0. The number of ether oxygens (including phenoxy) is 1. The molecule has 138 valence electrons. The fourth-order valence-electron chi connectivity index (χ4n) is 2.40. The number of aromatic hydroxyl groups is 1. The second kappa shape index (κ2) is 8.09. The third-order valence-electron chi connectivity index (χ3n) is 3.55. The molecular weight excluding hydrogens is 531 g/mol. The maximum Gasteiger partial charge on any atom is 0.322 e. The molecule has 0 atom stereocenters. The third-order valence-corrected chi connectivity index (χ3v) is 5.01. The molecular formula is C18H12BrIN2O5. The van der Waals surface area contributed by atoms with Crippen LogP contribution in [0.2, 0.25) is 0 Å². The van der Waals surface area contributed by atoms with Gasteiger partial charge in [-0.2, -0.15) is 0 Å². The number of hydrogen-bond donors (Lipinski definition) is 3. The second-order valence-corrected chi connectivity index (χ2v) is 7.33. The number of benzene rings is 2. The Morgan fingerprint density at radius 2 is 1.89 bits per heavy atom. The summed E-state index contributed by atoms with van der Waals surface area (Å²) in [5.41, 5.74) is -0.259. The van der Waals surface area contributed by atoms with Crippen molar-refractivity contribution in [3.63, 3.8) is 0 Å². The highest BCUT2D eigenvalue weighted by Gasteiger charge is 2.21. The van der Waals surface area contributed by atoms with Gasteiger partial charge in [0, 0.05) is 14.3 Å². The van der Waals surface area contributed by atoms with Crippen molar-refractivity contribution in [3.8, 4) is 17.2 Å². The van der Waals surface area contributed by atoms with Crippen LogP contribution in [-0.2, 0) is 4.79 Å². The van der Waals surface area contributed by atoms with Crippen molar-refractivity contribution >= 4 is 61.2 Å². The Morgan fingerprint density at radius 3 is 2.56 bits per heavy atom. The minimum atomic E-state index is -1.19. The van der Waals surface area contributed by atoms with Crippen molar-refractivity contribution in [1.82, 2.24) is 10.3 Å². The van der Waals surface area contributed by atoms with Crippen LogP contribution in [0.15, 0.2) is 47.1 Å². The van der Waals surface area contributed by atoms with Gasteiger partial charge in [0.1, 0.15) is 22.6 Å². The van der Waals surface area contributed by atoms with Gasteiger partial charge in [-0.3, -0.25) is 9.59 Å². The molecule has 1 heterocycles. The average molecular weight is 543 g/mol. The van der Waals surface area contributed by atoms with E-state index in [0.29, 0.717) is 30.4 Å². The van der Waals surface area contributed by atoms with Crippen molar-refractivity contribution in [2.24, 2.45) is 0 Å². The van der Waals surface area contributed by atoms with E-state index in [1.807, 2.05) is 52.9 Å². The van der Waals surface area contributed by atoms with Crippen LogP contribution >= 0.6 is 38.5 Å². The number of pyridine rings is 1. The van der Waals surface area contributed by atoms with E-state index < -0.39 is 18.4 Å². The van der Waals surface area contributed by atoms with Gasteiger partial charge in [-0.15, -0.1) is 0 Å². The van der Waals surface area contributed by atoms with Crippen molar-refractivity contribution in [2.45, 2.75) is 0 Å². The summed E-state index contributed by atoms with van der Waals surface area (Å²) >= 11 is 5.33. The predicted octanol–water partition coefficient (Wildman–Crippen LogP) is 3.91. The van der Waals surface area contributed by atoms with E-state index in [9.17, 15) is 14.7 Å². The van der Waals surface area contributed by atoms with Crippen LogP contribution in [0.4, 0.5) is 0 Å². The number of fused-ring (bicyclic) bond motifs is 1. The standard InChI is InChI=1S/C18H12BrIN2O5/c19-17-11-6-10(27-9-4-2-1-3-5-9)7-12(20)14(11)16(25)15(22-17)18(26)21-8-13(23)24/h1-7,25H,8H2,(H,21,26)(H,23,24). The normalized spacial score (nSPS) is 10.6. The number of aromatic nitrogens is 1. The molecule has 2 aromatic carbocycles. The van der Waals surface area contributed by atoms with Crippen LogP contribution < -0.4 is 10.1 Å². The van der Waals surface area contributed by atoms with E-state index in [1.54, 1.807) is 12.1 Å². The van der Waals surface area contributed by atoms with Crippen molar-refractivity contribution in [1.29, 1.82) is 0 Å². The summed E-state index contributed by atoms with van der Waals surface area (Å²) in [6.45, 7) is -0.573. The van der Waals surface area contributed by atoms with Gasteiger partial charge < -0.3 is 20.3 Å². The van der Waals surface area contributed by atoms with E-state index in [-0.39, 0.29) is 11.4 Å². The van der Waals surface area contributed by atoms with Gasteiger partial charge in [-0.05, 0) is 62.8 Å². The Hall–Kier alpha value is -2.40. The zero-order valence-corrected chi connectivity index (χ0v) is 17.3. The van der Waals surface area contributed by atoms with E-state index >= 15 is 0 Å². The number of carboxylic acid groups (broad SMARTS) is 1. The molecule has 0 saturated heterocycles. The molecule has 0 spiro atoms. The van der Waals surface area contributed by atoms with Crippen molar-refractivity contribution in [2.75, 3.05) is 6.54 Å². The number of nitrogens with zero attached hydrogens (tertiary/aromatic N) is 1. The van der Waals surface area contributed by atoms with Gasteiger partial charge in [0.15, 0.2) is 11.4 Å². The lowest BCUT2D eigenvalue weighted by Crippen LogP contribution is -2.30. The van der Waals surface area contributed by atoms with Crippen LogP contribution in [-0.4, -0.2) is 33.6 Å². The molecule has 0 aliphatic carbocycles. The van der Waals surface area contributed by atoms with Crippen molar-refractivity contribution < 1.29 is 24.5 Å². The van der Waals surface area contributed by atoms with Gasteiger partial charge in [-0.25, -0.2) is 4.98 Å². The van der Waals surface area contributed by atoms with Gasteiger partial charge >= 0.3 is 5.97 Å². The average Bonchev–Trinajstić information content (AvgIpc) is 2.63. The summed E-state index contributed by atoms with van der Waals surface area (Å²) in [5, 5.41) is 22.4. The molecule has 7 nitrogen and oxygen atoms in total. The first-order valence-electron chi connectivity index (χ1n) is 7.61. The minimum Gasteiger partial charge on any atom is -0.505 e. The number of carboxylic acids is 1. The van der Waals surface area contributed by atoms with Crippen LogP contribution in [0, 0.1) is 3.57 Å². The first-order valence-corrected chi connectivity index (χ1v) is 9.48. The Kier molecular flexibility index (Phi) is 5.80. The Labute approximate surface area is 175 Å². The molecule has 0 bridgehead atoms. The van der Waals surface area contributed by atoms with Crippen molar-refractivity contribution in [3.05, 3.63) is 56.3 Å². The summed E-state index contributed by atoms with van der Waals surface area (Å²) in [4.78, 5) is 26.8. The van der Waals surface area contributed by atoms with E-state index in [2.05, 4.69) is 26.2 Å². The van der Waals surface area contributed by atoms with Gasteiger partial charge in [0.2, 0.25) is 0 Å². The number of carbonyl (C=O) groups excluding carboxylic acids is 1. The van der Waals surface area contributed by atoms with Crippen LogP contribution in [0.1, 0.15) is 10.5 Å². The molecule has 0 saturated carbocycles. The van der Waals surface area contributed by atoms with Gasteiger partial charge in [0.05, 0.1) is 0 Å². The topological polar surface area (TPSA) is 109 Å². The lowest BCUT2D eigenvalue weighted by Gasteiger charge is -2.13. The van der Waals surface area contributed by atoms with E-state index in [1.165, 1.54) is 0 Å². The number of hydrogen-bond acceptors (Lipinski definition) is 5. The highest BCUT2D eigenvalue weighted by Crippen LogP contribution is 2.39. The molecule has 0 unspecified atom stereocenters. The molecule has 0 aliphatic rings. The van der Waals surface area contributed by atoms with Crippen LogP contribution in [0.3, 0.4) is 0 Å². The molecule has 9 heteroatoms. The largest absolute Gasteiger partial charge is 0.505 e. The SMILES string of the molecule is O=C(O)CNC(=O)c1nc(Br)c2cc(Oc3ccccc3)cc(I)c2c1O. The molecule has 3 N–H and O–H groups in total. The number of carbonyl (C=O) groups is 2. The maximum absolute atomic E-state index is 12.1. The second-order valence-electron chi connectivity index (χ2n) is 5.42. The fourth-order valence-corrected chi connectivity index (χ4v) is 3.74. The van der Waals surface area contributed by atoms with Gasteiger partial charge in [-0.1, -0.05) is 18.2 Å². The summed E-state index contributed by atoms with van der Waals surface area (Å²) in [7, 11) is 0. The number of aliphatic carboxylic acids is 1. The summed E-state index contributed by atoms with van der Waals surface area (Å²) < 4.78 is 6.79. The Bertz CT molecular complexity index is 1040. The molecule has 0 fully saturated rings. The number of para-hydroxylation sites is 1. The lowest BCUT2D eigenvalue weighted by molar-refractivity contribution is -0.135. The van der Waals surface area contributed by atoms with Gasteiger partial charge in [0.25, 0.3) is 5.91 Å². The zero-order chi connectivity index (χ0) is 19.6. The monoisotopic (exact) mass is 542 g/mol. The molecule has 0 aliphatic heterocycles. The summed E-state index contributed by atoms with van der Waals surface area (Å²) in [5.74, 6) is -1.10. The number of halogens is 2. The quantitative estimate of drug-likeness (QED) is 0.333. The Morgan fingerprint density at radius 1 is 1.19 bits per heavy atom. The Balaban J connectivity index is 2.04. The first-order chi connectivity index (χ1) is 12.9. The summed E-state index contributed by atoms with van der Waals surface area (Å²) in [6, 6.07) is 12.6.